The summed E-state index contributed by atoms with van der Waals surface area (Å²) in [5, 5.41) is 12.0. The third kappa shape index (κ3) is 5.24. The number of rotatable bonds is 8. The van der Waals surface area contributed by atoms with Gasteiger partial charge < -0.3 is 28.8 Å². The van der Waals surface area contributed by atoms with E-state index in [4.69, 9.17) is 28.7 Å². The number of aliphatic hydroxyl groups is 1. The fraction of sp³-hybridized carbons (Fsp3) is 0.171. The molecular formula is C35H28N2O8S. The molecule has 1 N–H and O–H groups in total. The number of anilines is 1. The van der Waals surface area contributed by atoms with Gasteiger partial charge in [0.05, 0.1) is 36.1 Å². The maximum absolute atomic E-state index is 13.8. The van der Waals surface area contributed by atoms with Gasteiger partial charge in [-0.05, 0) is 59.7 Å². The van der Waals surface area contributed by atoms with Crippen LogP contribution in [0.1, 0.15) is 22.7 Å². The second-order valence-electron chi connectivity index (χ2n) is 10.5. The maximum Gasteiger partial charge on any atom is 0.301 e. The summed E-state index contributed by atoms with van der Waals surface area (Å²) in [7, 11) is 3.09. The van der Waals surface area contributed by atoms with E-state index in [1.807, 2.05) is 36.4 Å². The highest BCUT2D eigenvalue weighted by Crippen LogP contribution is 2.46. The highest BCUT2D eigenvalue weighted by Gasteiger charge is 2.48. The van der Waals surface area contributed by atoms with Crippen molar-refractivity contribution < 1.29 is 38.4 Å². The van der Waals surface area contributed by atoms with E-state index in [0.717, 1.165) is 10.3 Å². The summed E-state index contributed by atoms with van der Waals surface area (Å²) in [6, 6.07) is 24.1. The van der Waals surface area contributed by atoms with Crippen LogP contribution in [0.3, 0.4) is 0 Å². The van der Waals surface area contributed by atoms with E-state index in [0.29, 0.717) is 70.3 Å². The number of hydrogen-bond donors (Lipinski definition) is 1. The number of hydrogen-bond acceptors (Lipinski definition) is 10. The predicted molar refractivity (Wildman–Crippen MR) is 172 cm³/mol. The van der Waals surface area contributed by atoms with Gasteiger partial charge in [-0.15, -0.1) is 0 Å². The van der Waals surface area contributed by atoms with E-state index >= 15 is 0 Å². The molecule has 1 atom stereocenters. The molecule has 46 heavy (non-hydrogen) atoms. The lowest BCUT2D eigenvalue weighted by atomic mass is 9.95. The monoisotopic (exact) mass is 636 g/mol. The topological polar surface area (TPSA) is 117 Å². The van der Waals surface area contributed by atoms with Crippen LogP contribution in [0.25, 0.3) is 16.0 Å². The molecule has 10 nitrogen and oxygen atoms in total. The molecule has 1 saturated heterocycles. The number of carbonyl (C=O) groups is 2. The molecule has 4 aromatic carbocycles. The molecule has 5 aromatic rings. The molecule has 1 aromatic heterocycles. The molecule has 0 saturated carbocycles. The van der Waals surface area contributed by atoms with Crippen molar-refractivity contribution in [3.8, 4) is 28.7 Å². The van der Waals surface area contributed by atoms with Gasteiger partial charge in [-0.2, -0.15) is 0 Å². The highest BCUT2D eigenvalue weighted by atomic mass is 32.1. The van der Waals surface area contributed by atoms with E-state index in [1.165, 1.54) is 23.3 Å². The van der Waals surface area contributed by atoms with Gasteiger partial charge in [-0.25, -0.2) is 4.98 Å². The lowest BCUT2D eigenvalue weighted by Crippen LogP contribution is -2.29. The first kappa shape index (κ1) is 29.2. The molecule has 232 valence electrons. The molecule has 1 unspecified atom stereocenters. The third-order valence-electron chi connectivity index (χ3n) is 7.79. The zero-order valence-corrected chi connectivity index (χ0v) is 25.7. The molecule has 2 aliphatic heterocycles. The standard InChI is InChI=1S/C35H28N2O8S/c1-41-23-10-11-24-29(18-23)46-35(36-24)37-31(21-8-12-25(27(16-21)42-2)45-19-20-6-4-3-5-7-20)30(33(39)34(37)40)32(38)22-9-13-26-28(17-22)44-15-14-43-26/h3-13,16-18,31,38H,14-15,19H2,1-2H3. The lowest BCUT2D eigenvalue weighted by molar-refractivity contribution is -0.132. The van der Waals surface area contributed by atoms with Gasteiger partial charge in [0.2, 0.25) is 0 Å². The minimum Gasteiger partial charge on any atom is -0.507 e. The number of aromatic nitrogens is 1. The van der Waals surface area contributed by atoms with Crippen LogP contribution >= 0.6 is 11.3 Å². The molecule has 3 heterocycles. The number of benzene rings is 4. The summed E-state index contributed by atoms with van der Waals surface area (Å²) in [6.45, 7) is 1.07. The Morgan fingerprint density at radius 1 is 0.913 bits per heavy atom. The Labute approximate surface area is 268 Å². The maximum atomic E-state index is 13.8. The minimum atomic E-state index is -1.03. The van der Waals surface area contributed by atoms with Crippen LogP contribution in [0.5, 0.6) is 28.7 Å². The molecule has 1 fully saturated rings. The molecule has 1 amide bonds. The Bertz CT molecular complexity index is 2010. The Morgan fingerprint density at radius 3 is 2.50 bits per heavy atom. The largest absolute Gasteiger partial charge is 0.507 e. The predicted octanol–water partition coefficient (Wildman–Crippen LogP) is 6.29. The van der Waals surface area contributed by atoms with Crippen molar-refractivity contribution in [2.24, 2.45) is 0 Å². The van der Waals surface area contributed by atoms with E-state index in [9.17, 15) is 14.7 Å². The van der Waals surface area contributed by atoms with Crippen molar-refractivity contribution in [2.75, 3.05) is 32.3 Å². The van der Waals surface area contributed by atoms with E-state index in [1.54, 1.807) is 55.6 Å². The number of fused-ring (bicyclic) bond motifs is 2. The van der Waals surface area contributed by atoms with Crippen molar-refractivity contribution in [3.05, 3.63) is 107 Å². The zero-order valence-electron chi connectivity index (χ0n) is 24.9. The summed E-state index contributed by atoms with van der Waals surface area (Å²) in [6.07, 6.45) is 0. The number of amides is 1. The van der Waals surface area contributed by atoms with Gasteiger partial charge in [0.25, 0.3) is 5.78 Å². The van der Waals surface area contributed by atoms with Crippen LogP contribution < -0.4 is 28.6 Å². The average Bonchev–Trinajstić information content (AvgIpc) is 3.64. The fourth-order valence-electron chi connectivity index (χ4n) is 5.52. The van der Waals surface area contributed by atoms with Crippen molar-refractivity contribution in [2.45, 2.75) is 12.6 Å². The number of carbonyl (C=O) groups excluding carboxylic acids is 2. The molecule has 7 rings (SSSR count). The number of ether oxygens (including phenoxy) is 5. The number of Topliss-reactive ketones (excluding diaryl/α,β-unsaturated/α-hetero) is 1. The Balaban J connectivity index is 1.35. The SMILES string of the molecule is COc1ccc2nc(N3C(=O)C(=O)C(=C(O)c4ccc5c(c4)OCCO5)C3c3ccc(OCc4ccccc4)c(OC)c3)sc2c1. The van der Waals surface area contributed by atoms with Gasteiger partial charge in [0.1, 0.15) is 31.3 Å². The van der Waals surface area contributed by atoms with E-state index in [-0.39, 0.29) is 11.3 Å². The molecular weight excluding hydrogens is 608 g/mol. The second-order valence-corrected chi connectivity index (χ2v) is 11.6. The first-order valence-electron chi connectivity index (χ1n) is 14.5. The first-order chi connectivity index (χ1) is 22.4. The van der Waals surface area contributed by atoms with Gasteiger partial charge in [0.15, 0.2) is 28.1 Å². The summed E-state index contributed by atoms with van der Waals surface area (Å²) < 4.78 is 29.2. The molecule has 0 radical (unpaired) electrons. The minimum absolute atomic E-state index is 0.0986. The average molecular weight is 637 g/mol. The number of methoxy groups -OCH3 is 2. The smallest absolute Gasteiger partial charge is 0.301 e. The second kappa shape index (κ2) is 12.1. The summed E-state index contributed by atoms with van der Waals surface area (Å²) in [5.74, 6) is 0.447. The summed E-state index contributed by atoms with van der Waals surface area (Å²) >= 11 is 1.24. The van der Waals surface area contributed by atoms with Crippen molar-refractivity contribution in [3.63, 3.8) is 0 Å². The Morgan fingerprint density at radius 2 is 1.72 bits per heavy atom. The molecule has 0 bridgehead atoms. The lowest BCUT2D eigenvalue weighted by Gasteiger charge is -2.24. The summed E-state index contributed by atoms with van der Waals surface area (Å²) in [4.78, 5) is 33.6. The fourth-order valence-corrected chi connectivity index (χ4v) is 6.54. The quantitative estimate of drug-likeness (QED) is 0.119. The van der Waals surface area contributed by atoms with Crippen LogP contribution in [-0.2, 0) is 16.2 Å². The van der Waals surface area contributed by atoms with Gasteiger partial charge >= 0.3 is 5.91 Å². The van der Waals surface area contributed by atoms with Gasteiger partial charge in [-0.1, -0.05) is 47.7 Å². The molecule has 11 heteroatoms. The number of nitrogens with zero attached hydrogens (tertiary/aromatic N) is 2. The zero-order chi connectivity index (χ0) is 31.8. The third-order valence-corrected chi connectivity index (χ3v) is 8.81. The number of aliphatic hydroxyl groups excluding tert-OH is 1. The van der Waals surface area contributed by atoms with Crippen LogP contribution in [0.4, 0.5) is 5.13 Å². The van der Waals surface area contributed by atoms with Crippen molar-refractivity contribution >= 4 is 44.1 Å². The molecule has 0 aliphatic carbocycles. The van der Waals surface area contributed by atoms with Crippen LogP contribution in [0, 0.1) is 0 Å². The van der Waals surface area contributed by atoms with E-state index in [2.05, 4.69) is 0 Å². The van der Waals surface area contributed by atoms with Gasteiger partial charge in [0, 0.05) is 5.56 Å². The van der Waals surface area contributed by atoms with Crippen molar-refractivity contribution in [1.82, 2.24) is 4.98 Å². The molecule has 2 aliphatic rings. The molecule has 0 spiro atoms. The van der Waals surface area contributed by atoms with Crippen LogP contribution in [0.2, 0.25) is 0 Å². The Kier molecular flexibility index (Phi) is 7.67. The van der Waals surface area contributed by atoms with E-state index < -0.39 is 17.7 Å². The van der Waals surface area contributed by atoms with Crippen LogP contribution in [-0.4, -0.2) is 49.2 Å². The Hall–Kier alpha value is -5.55. The highest BCUT2D eigenvalue weighted by molar-refractivity contribution is 7.22. The number of thiazole rings is 1. The van der Waals surface area contributed by atoms with Gasteiger partial charge in [-0.3, -0.25) is 14.5 Å². The van der Waals surface area contributed by atoms with Crippen LogP contribution in [0.15, 0.2) is 90.5 Å². The van der Waals surface area contributed by atoms with Crippen molar-refractivity contribution in [1.29, 1.82) is 0 Å². The summed E-state index contributed by atoms with van der Waals surface area (Å²) in [5.41, 5.74) is 2.33. The number of ketones is 1. The normalized spacial score (nSPS) is 16.9. The first-order valence-corrected chi connectivity index (χ1v) is 15.3.